The number of unbranched alkanes of at least 4 members (excludes halogenated alkanes) is 2. The Hall–Kier alpha value is -0.360. The number of hydrogen-bond acceptors (Lipinski definition) is 4. The Morgan fingerprint density at radius 3 is 1.61 bits per heavy atom. The molecule has 0 spiro atoms. The zero-order valence-electron chi connectivity index (χ0n) is 10.9. The van der Waals surface area contributed by atoms with Crippen LogP contribution in [-0.2, 0) is 9.59 Å². The van der Waals surface area contributed by atoms with Crippen molar-refractivity contribution in [1.82, 2.24) is 9.80 Å². The van der Waals surface area contributed by atoms with Gasteiger partial charge in [-0.2, -0.15) is 0 Å². The minimum Gasteiger partial charge on any atom is -0.319 e. The van der Waals surface area contributed by atoms with Crippen LogP contribution in [0.4, 0.5) is 0 Å². The monoisotopic (exact) mass is 288 g/mol. The number of piperazine rings is 1. The van der Waals surface area contributed by atoms with Gasteiger partial charge in [-0.25, -0.2) is 0 Å². The minimum absolute atomic E-state index is 0.132. The average molecular weight is 288 g/mol. The second-order valence-electron chi connectivity index (χ2n) is 4.67. The summed E-state index contributed by atoms with van der Waals surface area (Å²) in [5.41, 5.74) is 0. The van der Waals surface area contributed by atoms with Crippen LogP contribution in [0.5, 0.6) is 0 Å². The van der Waals surface area contributed by atoms with Crippen LogP contribution in [-0.4, -0.2) is 45.5 Å². The number of hydrogen-bond donors (Lipinski definition) is 0. The zero-order chi connectivity index (χ0) is 13.1. The standard InChI is InChI=1S/C12H20N2O2S2/c1-3-5-7-13-9(15)12-14(8-6-4-2)10(16)11(13)17-18-12/h11-12H,3-8H2,1-2H3/t11-,12+. The molecule has 0 aliphatic carbocycles. The van der Waals surface area contributed by atoms with Gasteiger partial charge in [-0.05, 0) is 12.8 Å². The third-order valence-electron chi connectivity index (χ3n) is 3.30. The third-order valence-corrected chi connectivity index (χ3v) is 6.11. The number of rotatable bonds is 6. The second-order valence-corrected chi connectivity index (χ2v) is 7.10. The molecule has 2 atom stereocenters. The first kappa shape index (κ1) is 14.1. The molecular formula is C12H20N2O2S2. The Balaban J connectivity index is 2.07. The molecule has 3 aliphatic rings. The lowest BCUT2D eigenvalue weighted by molar-refractivity contribution is -0.153. The molecular weight excluding hydrogens is 268 g/mol. The predicted octanol–water partition coefficient (Wildman–Crippen LogP) is 2.30. The van der Waals surface area contributed by atoms with Gasteiger partial charge >= 0.3 is 0 Å². The Morgan fingerprint density at radius 2 is 1.28 bits per heavy atom. The van der Waals surface area contributed by atoms with Crippen molar-refractivity contribution < 1.29 is 9.59 Å². The maximum Gasteiger partial charge on any atom is 0.258 e. The minimum atomic E-state index is -0.282. The molecule has 2 bridgehead atoms. The highest BCUT2D eigenvalue weighted by atomic mass is 33.1. The molecule has 4 nitrogen and oxygen atoms in total. The molecule has 0 aromatic carbocycles. The fourth-order valence-electron chi connectivity index (χ4n) is 2.18. The molecule has 0 aromatic rings. The molecule has 0 radical (unpaired) electrons. The van der Waals surface area contributed by atoms with E-state index in [0.717, 1.165) is 38.8 Å². The Kier molecular flexibility index (Phi) is 4.84. The highest BCUT2D eigenvalue weighted by Crippen LogP contribution is 2.46. The SMILES string of the molecule is CCCCN1C(=O)[C@@H]2SS[C@@H]1C(=O)N2CCCC. The lowest BCUT2D eigenvalue weighted by Crippen LogP contribution is -2.65. The van der Waals surface area contributed by atoms with Crippen molar-refractivity contribution >= 4 is 33.4 Å². The van der Waals surface area contributed by atoms with E-state index in [9.17, 15) is 9.59 Å². The normalized spacial score (nSPS) is 27.2. The molecule has 0 unspecified atom stereocenters. The van der Waals surface area contributed by atoms with E-state index in [1.165, 1.54) is 0 Å². The first-order valence-electron chi connectivity index (χ1n) is 6.63. The van der Waals surface area contributed by atoms with Crippen molar-refractivity contribution in [2.45, 2.75) is 50.3 Å². The van der Waals surface area contributed by atoms with Gasteiger partial charge in [0.05, 0.1) is 0 Å². The van der Waals surface area contributed by atoms with Crippen molar-refractivity contribution in [2.24, 2.45) is 0 Å². The fourth-order valence-corrected chi connectivity index (χ4v) is 5.21. The summed E-state index contributed by atoms with van der Waals surface area (Å²) in [5.74, 6) is 0.265. The van der Waals surface area contributed by atoms with E-state index in [4.69, 9.17) is 0 Å². The number of fused-ring (bicyclic) bond motifs is 3. The Labute approximate surface area is 116 Å². The number of amides is 2. The topological polar surface area (TPSA) is 40.6 Å². The molecule has 0 saturated carbocycles. The van der Waals surface area contributed by atoms with E-state index in [2.05, 4.69) is 13.8 Å². The summed E-state index contributed by atoms with van der Waals surface area (Å²) >= 11 is 0. The Bertz CT molecular complexity index is 306. The summed E-state index contributed by atoms with van der Waals surface area (Å²) in [6, 6.07) is 0. The van der Waals surface area contributed by atoms with Gasteiger partial charge in [0.1, 0.15) is 0 Å². The van der Waals surface area contributed by atoms with Crippen LogP contribution in [0.2, 0.25) is 0 Å². The summed E-state index contributed by atoms with van der Waals surface area (Å²) in [6.45, 7) is 5.64. The molecule has 3 heterocycles. The second kappa shape index (κ2) is 6.19. The van der Waals surface area contributed by atoms with E-state index in [0.29, 0.717) is 0 Å². The quantitative estimate of drug-likeness (QED) is 0.703. The molecule has 6 heteroatoms. The van der Waals surface area contributed by atoms with E-state index in [1.807, 2.05) is 0 Å². The van der Waals surface area contributed by atoms with Crippen LogP contribution in [0, 0.1) is 0 Å². The number of carbonyl (C=O) groups is 2. The predicted molar refractivity (Wildman–Crippen MR) is 76.0 cm³/mol. The molecule has 18 heavy (non-hydrogen) atoms. The lowest BCUT2D eigenvalue weighted by atomic mass is 10.2. The van der Waals surface area contributed by atoms with Gasteiger partial charge in [0.25, 0.3) is 11.8 Å². The first-order valence-corrected chi connectivity index (χ1v) is 8.91. The van der Waals surface area contributed by atoms with Crippen LogP contribution < -0.4 is 0 Å². The van der Waals surface area contributed by atoms with Gasteiger partial charge in [0.15, 0.2) is 10.7 Å². The van der Waals surface area contributed by atoms with Crippen molar-refractivity contribution in [3.8, 4) is 0 Å². The molecule has 0 N–H and O–H groups in total. The summed E-state index contributed by atoms with van der Waals surface area (Å²) in [4.78, 5) is 28.2. The van der Waals surface area contributed by atoms with Crippen LogP contribution in [0.1, 0.15) is 39.5 Å². The number of nitrogens with zero attached hydrogens (tertiary/aromatic N) is 2. The summed E-state index contributed by atoms with van der Waals surface area (Å²) in [6.07, 6.45) is 4.05. The van der Waals surface area contributed by atoms with Crippen molar-refractivity contribution in [3.05, 3.63) is 0 Å². The molecule has 3 aliphatic heterocycles. The zero-order valence-corrected chi connectivity index (χ0v) is 12.6. The highest BCUT2D eigenvalue weighted by molar-refractivity contribution is 8.77. The highest BCUT2D eigenvalue weighted by Gasteiger charge is 2.51. The van der Waals surface area contributed by atoms with E-state index >= 15 is 0 Å². The van der Waals surface area contributed by atoms with Crippen LogP contribution >= 0.6 is 21.6 Å². The van der Waals surface area contributed by atoms with E-state index < -0.39 is 0 Å². The molecule has 2 amide bonds. The molecule has 3 rings (SSSR count). The largest absolute Gasteiger partial charge is 0.319 e. The maximum absolute atomic E-state index is 12.3. The lowest BCUT2D eigenvalue weighted by Gasteiger charge is -2.48. The molecule has 102 valence electrons. The van der Waals surface area contributed by atoms with Gasteiger partial charge in [0.2, 0.25) is 0 Å². The van der Waals surface area contributed by atoms with Crippen LogP contribution in [0.3, 0.4) is 0 Å². The van der Waals surface area contributed by atoms with E-state index in [1.54, 1.807) is 31.4 Å². The molecule has 3 fully saturated rings. The maximum atomic E-state index is 12.3. The number of carbonyl (C=O) groups excluding carboxylic acids is 2. The van der Waals surface area contributed by atoms with Gasteiger partial charge in [-0.1, -0.05) is 48.3 Å². The summed E-state index contributed by atoms with van der Waals surface area (Å²) < 4.78 is 0. The van der Waals surface area contributed by atoms with E-state index in [-0.39, 0.29) is 22.6 Å². The smallest absolute Gasteiger partial charge is 0.258 e. The average Bonchev–Trinajstić information content (AvgIpc) is 2.38. The van der Waals surface area contributed by atoms with Crippen molar-refractivity contribution in [1.29, 1.82) is 0 Å². The molecule has 3 saturated heterocycles. The third kappa shape index (κ3) is 2.50. The van der Waals surface area contributed by atoms with Crippen LogP contribution in [0.15, 0.2) is 0 Å². The Morgan fingerprint density at radius 1 is 0.889 bits per heavy atom. The van der Waals surface area contributed by atoms with Gasteiger partial charge in [-0.3, -0.25) is 9.59 Å². The van der Waals surface area contributed by atoms with Crippen LogP contribution in [0.25, 0.3) is 0 Å². The first-order chi connectivity index (χ1) is 8.70. The van der Waals surface area contributed by atoms with Crippen molar-refractivity contribution in [2.75, 3.05) is 13.1 Å². The van der Waals surface area contributed by atoms with Gasteiger partial charge < -0.3 is 9.80 Å². The molecule has 0 aromatic heterocycles. The van der Waals surface area contributed by atoms with Gasteiger partial charge in [-0.15, -0.1) is 0 Å². The fraction of sp³-hybridized carbons (Fsp3) is 0.833. The summed E-state index contributed by atoms with van der Waals surface area (Å²) in [7, 11) is 3.10. The van der Waals surface area contributed by atoms with Gasteiger partial charge in [0, 0.05) is 13.1 Å². The van der Waals surface area contributed by atoms with Crippen molar-refractivity contribution in [3.63, 3.8) is 0 Å². The summed E-state index contributed by atoms with van der Waals surface area (Å²) in [5, 5.41) is -0.563.